The maximum Gasteiger partial charge on any atom is 0.252 e. The van der Waals surface area contributed by atoms with E-state index in [1.54, 1.807) is 13.2 Å². The Labute approximate surface area is 152 Å². The lowest BCUT2D eigenvalue weighted by molar-refractivity contribution is 0.100. The summed E-state index contributed by atoms with van der Waals surface area (Å²) >= 11 is 0. The van der Waals surface area contributed by atoms with Crippen LogP contribution in [-0.4, -0.2) is 43.3 Å². The predicted molar refractivity (Wildman–Crippen MR) is 98.3 cm³/mol. The largest absolute Gasteiger partial charge is 0.497 e. The quantitative estimate of drug-likeness (QED) is 0.734. The smallest absolute Gasteiger partial charge is 0.252 e. The van der Waals surface area contributed by atoms with Crippen molar-refractivity contribution in [3.63, 3.8) is 0 Å². The van der Waals surface area contributed by atoms with Crippen LogP contribution in [0, 0.1) is 0 Å². The van der Waals surface area contributed by atoms with Gasteiger partial charge in [-0.05, 0) is 36.7 Å². The number of anilines is 1. The number of nitrogens with one attached hydrogen (secondary N) is 2. The number of carbonyl (C=O) groups excluding carboxylic acids is 1. The summed E-state index contributed by atoms with van der Waals surface area (Å²) < 4.78 is 19.4. The number of alkyl halides is 1. The topological polar surface area (TPSA) is 89.3 Å². The molecule has 0 spiro atoms. The molecule has 1 amide bonds. The van der Waals surface area contributed by atoms with Crippen molar-refractivity contribution in [1.82, 2.24) is 10.3 Å². The Kier molecular flexibility index (Phi) is 5.68. The number of benzene rings is 1. The Morgan fingerprint density at radius 3 is 3.04 bits per heavy atom. The highest BCUT2D eigenvalue weighted by atomic mass is 19.1. The van der Waals surface area contributed by atoms with Crippen LogP contribution >= 0.6 is 0 Å². The molecule has 0 saturated carbocycles. The zero-order valence-corrected chi connectivity index (χ0v) is 14.7. The van der Waals surface area contributed by atoms with Crippen LogP contribution in [0.4, 0.5) is 10.1 Å². The molecule has 26 heavy (non-hydrogen) atoms. The van der Waals surface area contributed by atoms with Crippen LogP contribution in [0.3, 0.4) is 0 Å². The minimum absolute atomic E-state index is 0.269. The van der Waals surface area contributed by atoms with Gasteiger partial charge in [-0.15, -0.1) is 0 Å². The van der Waals surface area contributed by atoms with Gasteiger partial charge < -0.3 is 21.1 Å². The average Bonchev–Trinajstić information content (AvgIpc) is 2.64. The van der Waals surface area contributed by atoms with Crippen LogP contribution in [0.15, 0.2) is 36.5 Å². The number of pyridine rings is 1. The van der Waals surface area contributed by atoms with E-state index in [0.29, 0.717) is 25.1 Å². The lowest BCUT2D eigenvalue weighted by Crippen LogP contribution is -2.45. The van der Waals surface area contributed by atoms with Crippen molar-refractivity contribution in [2.75, 3.05) is 25.5 Å². The third-order valence-corrected chi connectivity index (χ3v) is 4.49. The second-order valence-corrected chi connectivity index (χ2v) is 6.37. The van der Waals surface area contributed by atoms with E-state index in [1.165, 1.54) is 6.20 Å². The number of nitrogens with two attached hydrogens (primary N) is 1. The van der Waals surface area contributed by atoms with Gasteiger partial charge in [-0.3, -0.25) is 9.78 Å². The van der Waals surface area contributed by atoms with Gasteiger partial charge in [-0.25, -0.2) is 4.39 Å². The molecule has 2 atom stereocenters. The van der Waals surface area contributed by atoms with Crippen molar-refractivity contribution in [3.05, 3.63) is 53.3 Å². The van der Waals surface area contributed by atoms with Gasteiger partial charge in [-0.2, -0.15) is 0 Å². The van der Waals surface area contributed by atoms with E-state index in [-0.39, 0.29) is 11.6 Å². The first-order chi connectivity index (χ1) is 12.6. The van der Waals surface area contributed by atoms with E-state index in [2.05, 4.69) is 15.6 Å². The fourth-order valence-corrected chi connectivity index (χ4v) is 3.09. The zero-order valence-electron chi connectivity index (χ0n) is 14.7. The maximum atomic E-state index is 14.1. The highest BCUT2D eigenvalue weighted by Gasteiger charge is 2.25. The molecule has 138 valence electrons. The third-order valence-electron chi connectivity index (χ3n) is 4.49. The molecule has 6 nitrogen and oxygen atoms in total. The molecule has 1 aliphatic rings. The van der Waals surface area contributed by atoms with Gasteiger partial charge in [0.15, 0.2) is 0 Å². The fraction of sp³-hybridized carbons (Fsp3) is 0.368. The molecule has 0 unspecified atom stereocenters. The molecule has 1 aromatic carbocycles. The first-order valence-corrected chi connectivity index (χ1v) is 8.60. The first-order valence-electron chi connectivity index (χ1n) is 8.60. The lowest BCUT2D eigenvalue weighted by atomic mass is 10.0. The number of methoxy groups -OCH3 is 1. The third kappa shape index (κ3) is 4.29. The van der Waals surface area contributed by atoms with E-state index < -0.39 is 12.1 Å². The van der Waals surface area contributed by atoms with Crippen LogP contribution in [0.1, 0.15) is 28.0 Å². The van der Waals surface area contributed by atoms with Gasteiger partial charge in [0.1, 0.15) is 11.9 Å². The highest BCUT2D eigenvalue weighted by molar-refractivity contribution is 5.98. The number of amides is 1. The molecule has 3 rings (SSSR count). The summed E-state index contributed by atoms with van der Waals surface area (Å²) in [6, 6.07) is 9.10. The summed E-state index contributed by atoms with van der Waals surface area (Å²) in [5.41, 5.74) is 8.04. The van der Waals surface area contributed by atoms with Crippen molar-refractivity contribution in [1.29, 1.82) is 0 Å². The number of nitrogens with zero attached hydrogens (tertiary/aromatic N) is 1. The van der Waals surface area contributed by atoms with Gasteiger partial charge >= 0.3 is 0 Å². The second kappa shape index (κ2) is 8.14. The van der Waals surface area contributed by atoms with Crippen LogP contribution < -0.4 is 21.1 Å². The number of hydrogen-bond donors (Lipinski definition) is 3. The van der Waals surface area contributed by atoms with E-state index >= 15 is 0 Å². The summed E-state index contributed by atoms with van der Waals surface area (Å²) in [5.74, 6) is 0.182. The van der Waals surface area contributed by atoms with Crippen molar-refractivity contribution >= 4 is 11.6 Å². The van der Waals surface area contributed by atoms with Crippen LogP contribution in [0.2, 0.25) is 0 Å². The highest BCUT2D eigenvalue weighted by Crippen LogP contribution is 2.22. The molecule has 1 aromatic heterocycles. The molecule has 0 radical (unpaired) electrons. The minimum atomic E-state index is -1.03. The second-order valence-electron chi connectivity index (χ2n) is 6.37. The van der Waals surface area contributed by atoms with Crippen LogP contribution in [0.5, 0.6) is 5.75 Å². The molecular formula is C19H23FN4O2. The molecule has 1 aliphatic heterocycles. The van der Waals surface area contributed by atoms with Gasteiger partial charge in [-0.1, -0.05) is 12.1 Å². The Bertz CT molecular complexity index is 784. The Balaban J connectivity index is 1.84. The van der Waals surface area contributed by atoms with E-state index in [1.807, 2.05) is 24.3 Å². The Morgan fingerprint density at radius 2 is 2.31 bits per heavy atom. The van der Waals surface area contributed by atoms with Gasteiger partial charge in [0.05, 0.1) is 24.4 Å². The molecule has 1 saturated heterocycles. The number of ether oxygens (including phenoxy) is 1. The number of primary amides is 1. The number of carbonyl (C=O) groups is 1. The number of halogens is 1. The van der Waals surface area contributed by atoms with Gasteiger partial charge in [0.2, 0.25) is 0 Å². The molecular weight excluding hydrogens is 335 g/mol. The average molecular weight is 358 g/mol. The Morgan fingerprint density at radius 1 is 1.46 bits per heavy atom. The zero-order chi connectivity index (χ0) is 18.5. The molecule has 1 fully saturated rings. The van der Waals surface area contributed by atoms with Crippen molar-refractivity contribution in [2.24, 2.45) is 5.73 Å². The van der Waals surface area contributed by atoms with E-state index in [0.717, 1.165) is 23.6 Å². The van der Waals surface area contributed by atoms with Crippen molar-refractivity contribution in [2.45, 2.75) is 25.1 Å². The summed E-state index contributed by atoms with van der Waals surface area (Å²) in [4.78, 5) is 16.1. The minimum Gasteiger partial charge on any atom is -0.497 e. The predicted octanol–water partition coefficient (Wildman–Crippen LogP) is 1.89. The Hall–Kier alpha value is -2.67. The fourth-order valence-electron chi connectivity index (χ4n) is 3.09. The van der Waals surface area contributed by atoms with Crippen LogP contribution in [-0.2, 0) is 6.42 Å². The molecule has 2 heterocycles. The summed E-state index contributed by atoms with van der Waals surface area (Å²) in [6.07, 6.45) is 1.62. The number of piperidine rings is 1. The molecule has 4 N–H and O–H groups in total. The van der Waals surface area contributed by atoms with Gasteiger partial charge in [0.25, 0.3) is 5.91 Å². The number of rotatable bonds is 6. The number of aromatic nitrogens is 1. The lowest BCUT2D eigenvalue weighted by Gasteiger charge is -2.29. The van der Waals surface area contributed by atoms with E-state index in [4.69, 9.17) is 10.5 Å². The first kappa shape index (κ1) is 18.1. The van der Waals surface area contributed by atoms with Crippen molar-refractivity contribution < 1.29 is 13.9 Å². The standard InChI is InChI=1S/C19H23FN4O2/c1-26-14-4-2-3-12(8-14)7-13-9-18(15(10-23-13)19(21)25)24-17-5-6-22-11-16(17)20/h2-4,8-10,16-17,22H,5-7,11H2,1H3,(H2,21,25)(H,23,24)/t16-,17+/m0/s1. The molecule has 2 aromatic rings. The molecule has 7 heteroatoms. The van der Waals surface area contributed by atoms with Gasteiger partial charge in [0, 0.05) is 24.9 Å². The SMILES string of the molecule is COc1cccc(Cc2cc(N[C@@H]3CCNC[C@@H]3F)c(C(N)=O)cn2)c1. The molecule has 0 bridgehead atoms. The van der Waals surface area contributed by atoms with E-state index in [9.17, 15) is 9.18 Å². The van der Waals surface area contributed by atoms with Crippen LogP contribution in [0.25, 0.3) is 0 Å². The monoisotopic (exact) mass is 358 g/mol. The number of hydrogen-bond acceptors (Lipinski definition) is 5. The summed E-state index contributed by atoms with van der Waals surface area (Å²) in [6.45, 7) is 1.02. The molecule has 0 aliphatic carbocycles. The summed E-state index contributed by atoms with van der Waals surface area (Å²) in [5, 5.41) is 6.16. The normalized spacial score (nSPS) is 19.8. The maximum absolute atomic E-state index is 14.1. The van der Waals surface area contributed by atoms with Crippen molar-refractivity contribution in [3.8, 4) is 5.75 Å². The summed E-state index contributed by atoms with van der Waals surface area (Å²) in [7, 11) is 1.62.